The second-order valence-corrected chi connectivity index (χ2v) is 7.95. The topological polar surface area (TPSA) is 88.1 Å². The molecule has 0 aliphatic carbocycles. The highest BCUT2D eigenvalue weighted by atomic mass is 16.6. The van der Waals surface area contributed by atoms with Gasteiger partial charge in [-0.2, -0.15) is 0 Å². The Morgan fingerprint density at radius 1 is 1.38 bits per heavy atom. The molecule has 2 rings (SSSR count). The lowest BCUT2D eigenvalue weighted by molar-refractivity contribution is -0.138. The molecule has 7 heteroatoms. The lowest BCUT2D eigenvalue weighted by atomic mass is 9.72. The average Bonchev–Trinajstić information content (AvgIpc) is 2.81. The van der Waals surface area contributed by atoms with Gasteiger partial charge in [-0.3, -0.25) is 4.79 Å². The number of carbonyl (C=O) groups is 2. The number of hydrogen-bond acceptors (Lipinski definition) is 5. The van der Waals surface area contributed by atoms with Crippen molar-refractivity contribution in [2.75, 3.05) is 32.8 Å². The second kappa shape index (κ2) is 7.27. The molecule has 2 heterocycles. The van der Waals surface area contributed by atoms with E-state index < -0.39 is 17.8 Å². The van der Waals surface area contributed by atoms with E-state index in [4.69, 9.17) is 9.47 Å². The van der Waals surface area contributed by atoms with Crippen LogP contribution in [0, 0.1) is 11.3 Å². The molecule has 2 fully saturated rings. The smallest absolute Gasteiger partial charge is 0.407 e. The monoisotopic (exact) mass is 342 g/mol. The third-order valence-electron chi connectivity index (χ3n) is 4.86. The van der Waals surface area contributed by atoms with Crippen LogP contribution in [0.2, 0.25) is 0 Å². The molecule has 7 nitrogen and oxygen atoms in total. The number of nitrogens with zero attached hydrogens (tertiary/aromatic N) is 1. The summed E-state index contributed by atoms with van der Waals surface area (Å²) in [6.45, 7) is 9.91. The van der Waals surface area contributed by atoms with Crippen LogP contribution in [-0.2, 0) is 14.3 Å². The molecule has 1 spiro atoms. The molecule has 2 amide bonds. The predicted octanol–water partition coefficient (Wildman–Crippen LogP) is 1.15. The summed E-state index contributed by atoms with van der Waals surface area (Å²) in [4.78, 5) is 25.8. The number of alkyl carbamates (subject to hydrolysis) is 1. The van der Waals surface area contributed by atoms with Crippen LogP contribution in [0.1, 0.15) is 40.5 Å². The lowest BCUT2D eigenvalue weighted by Gasteiger charge is -2.38. The highest BCUT2D eigenvalue weighted by molar-refractivity contribution is 5.80. The minimum Gasteiger partial charge on any atom is -0.444 e. The third-order valence-corrected chi connectivity index (χ3v) is 4.86. The number of ether oxygens (including phenoxy) is 2. The molecule has 2 aliphatic heterocycles. The van der Waals surface area contributed by atoms with E-state index in [0.29, 0.717) is 32.8 Å². The summed E-state index contributed by atoms with van der Waals surface area (Å²) in [5.74, 6) is -0.114. The largest absolute Gasteiger partial charge is 0.444 e. The Balaban J connectivity index is 2.02. The Kier molecular flexibility index (Phi) is 5.75. The quantitative estimate of drug-likeness (QED) is 0.803. The summed E-state index contributed by atoms with van der Waals surface area (Å²) in [6, 6.07) is 0. The van der Waals surface area contributed by atoms with Gasteiger partial charge in [-0.05, 0) is 46.0 Å². The van der Waals surface area contributed by atoms with E-state index in [1.807, 2.05) is 20.8 Å². The molecule has 24 heavy (non-hydrogen) atoms. The van der Waals surface area contributed by atoms with Gasteiger partial charge in [0.1, 0.15) is 11.7 Å². The first kappa shape index (κ1) is 19.0. The number of amides is 2. The lowest BCUT2D eigenvalue weighted by Crippen LogP contribution is -2.43. The number of rotatable bonds is 3. The van der Waals surface area contributed by atoms with Crippen LogP contribution in [0.3, 0.4) is 0 Å². The van der Waals surface area contributed by atoms with Crippen molar-refractivity contribution in [1.82, 2.24) is 10.2 Å². The molecule has 2 atom stereocenters. The first-order valence-electron chi connectivity index (χ1n) is 8.64. The van der Waals surface area contributed by atoms with E-state index in [0.717, 1.165) is 12.8 Å². The highest BCUT2D eigenvalue weighted by Crippen LogP contribution is 2.44. The zero-order chi connectivity index (χ0) is 18.0. The van der Waals surface area contributed by atoms with Gasteiger partial charge in [-0.15, -0.1) is 0 Å². The van der Waals surface area contributed by atoms with Crippen molar-refractivity contribution >= 4 is 12.0 Å². The Morgan fingerprint density at radius 2 is 2.00 bits per heavy atom. The van der Waals surface area contributed by atoms with Crippen molar-refractivity contribution in [2.45, 2.75) is 52.2 Å². The van der Waals surface area contributed by atoms with Gasteiger partial charge in [0.25, 0.3) is 5.91 Å². The summed E-state index contributed by atoms with van der Waals surface area (Å²) >= 11 is 0. The van der Waals surface area contributed by atoms with Crippen LogP contribution in [0.5, 0.6) is 0 Å². The summed E-state index contributed by atoms with van der Waals surface area (Å²) in [7, 11) is 0. The third kappa shape index (κ3) is 4.60. The predicted molar refractivity (Wildman–Crippen MR) is 88.5 cm³/mol. The van der Waals surface area contributed by atoms with Gasteiger partial charge in [0, 0.05) is 38.8 Å². The van der Waals surface area contributed by atoms with E-state index in [1.165, 1.54) is 6.92 Å². The van der Waals surface area contributed by atoms with E-state index in [1.54, 1.807) is 4.90 Å². The number of nitrogens with one attached hydrogen (secondary N) is 1. The number of likely N-dealkylation sites (tertiary alicyclic amines) is 1. The molecule has 0 aromatic carbocycles. The van der Waals surface area contributed by atoms with Crippen LogP contribution in [0.15, 0.2) is 0 Å². The summed E-state index contributed by atoms with van der Waals surface area (Å²) in [5.41, 5.74) is -0.595. The molecule has 138 valence electrons. The van der Waals surface area contributed by atoms with Crippen LogP contribution in [0.4, 0.5) is 4.79 Å². The molecule has 0 unspecified atom stereocenters. The van der Waals surface area contributed by atoms with Crippen molar-refractivity contribution in [2.24, 2.45) is 11.3 Å². The molecule has 0 saturated carbocycles. The van der Waals surface area contributed by atoms with Crippen molar-refractivity contribution < 1.29 is 24.2 Å². The first-order valence-corrected chi connectivity index (χ1v) is 8.64. The SMILES string of the molecule is C[C@@H](O)C(=O)N1C[C@H](CNC(=O)OC(C)(C)C)C2(CCOCC2)C1. The molecular formula is C17H30N2O5. The molecular weight excluding hydrogens is 312 g/mol. The maximum Gasteiger partial charge on any atom is 0.407 e. The minimum atomic E-state index is -1.00. The van der Waals surface area contributed by atoms with Gasteiger partial charge < -0.3 is 24.8 Å². The first-order chi connectivity index (χ1) is 11.1. The normalized spacial score (nSPS) is 24.7. The maximum absolute atomic E-state index is 12.2. The van der Waals surface area contributed by atoms with Crippen molar-refractivity contribution in [3.05, 3.63) is 0 Å². The fraction of sp³-hybridized carbons (Fsp3) is 0.882. The van der Waals surface area contributed by atoms with Crippen LogP contribution < -0.4 is 5.32 Å². The number of aliphatic hydroxyl groups excluding tert-OH is 1. The Bertz CT molecular complexity index is 466. The number of aliphatic hydroxyl groups is 1. The van der Waals surface area contributed by atoms with Crippen LogP contribution in [-0.4, -0.2) is 66.6 Å². The van der Waals surface area contributed by atoms with E-state index in [2.05, 4.69) is 5.32 Å². The molecule has 0 bridgehead atoms. The standard InChI is InChI=1S/C17H30N2O5/c1-12(20)14(21)19-10-13(9-18-15(22)24-16(2,3)4)17(11-19)5-7-23-8-6-17/h12-13,20H,5-11H2,1-4H3,(H,18,22)/t12-,13+/m1/s1. The van der Waals surface area contributed by atoms with Gasteiger partial charge in [0.05, 0.1) is 0 Å². The van der Waals surface area contributed by atoms with E-state index >= 15 is 0 Å². The van der Waals surface area contributed by atoms with Gasteiger partial charge in [0.2, 0.25) is 0 Å². The average molecular weight is 342 g/mol. The van der Waals surface area contributed by atoms with Gasteiger partial charge in [-0.25, -0.2) is 4.79 Å². The highest BCUT2D eigenvalue weighted by Gasteiger charge is 2.48. The Labute approximate surface area is 143 Å². The van der Waals surface area contributed by atoms with Crippen molar-refractivity contribution in [3.8, 4) is 0 Å². The molecule has 0 radical (unpaired) electrons. The fourth-order valence-electron chi connectivity index (χ4n) is 3.61. The van der Waals surface area contributed by atoms with Gasteiger partial charge in [0.15, 0.2) is 0 Å². The maximum atomic E-state index is 12.2. The minimum absolute atomic E-state index is 0.0577. The van der Waals surface area contributed by atoms with Gasteiger partial charge >= 0.3 is 6.09 Å². The van der Waals surface area contributed by atoms with Gasteiger partial charge in [-0.1, -0.05) is 0 Å². The van der Waals surface area contributed by atoms with Crippen LogP contribution in [0.25, 0.3) is 0 Å². The number of carbonyl (C=O) groups excluding carboxylic acids is 2. The molecule has 2 N–H and O–H groups in total. The fourth-order valence-corrected chi connectivity index (χ4v) is 3.61. The Morgan fingerprint density at radius 3 is 2.54 bits per heavy atom. The molecule has 0 aromatic rings. The molecule has 0 aromatic heterocycles. The number of hydrogen-bond donors (Lipinski definition) is 2. The van der Waals surface area contributed by atoms with Crippen molar-refractivity contribution in [3.63, 3.8) is 0 Å². The molecule has 2 saturated heterocycles. The Hall–Kier alpha value is -1.34. The second-order valence-electron chi connectivity index (χ2n) is 7.95. The van der Waals surface area contributed by atoms with Crippen molar-refractivity contribution in [1.29, 1.82) is 0 Å². The van der Waals surface area contributed by atoms with E-state index in [9.17, 15) is 14.7 Å². The zero-order valence-corrected chi connectivity index (χ0v) is 15.1. The zero-order valence-electron chi connectivity index (χ0n) is 15.1. The van der Waals surface area contributed by atoms with E-state index in [-0.39, 0.29) is 17.2 Å². The van der Waals surface area contributed by atoms with Crippen LogP contribution >= 0.6 is 0 Å². The summed E-state index contributed by atoms with van der Waals surface area (Å²) < 4.78 is 10.8. The summed E-state index contributed by atoms with van der Waals surface area (Å²) in [6.07, 6.45) is 0.276. The summed E-state index contributed by atoms with van der Waals surface area (Å²) in [5, 5.41) is 12.4. The molecule has 2 aliphatic rings.